The van der Waals surface area contributed by atoms with E-state index in [9.17, 15) is 19.5 Å². The summed E-state index contributed by atoms with van der Waals surface area (Å²) in [5, 5.41) is 19.1. The summed E-state index contributed by atoms with van der Waals surface area (Å²) in [6.07, 6.45) is 0.883. The molecular weight excluding hydrogens is 677 g/mol. The highest BCUT2D eigenvalue weighted by atomic mass is 35.5. The molecule has 2 amide bonds. The van der Waals surface area contributed by atoms with Crippen molar-refractivity contribution in [2.45, 2.75) is 34.7 Å². The lowest BCUT2D eigenvalue weighted by Gasteiger charge is -2.19. The Bertz CT molecular complexity index is 1680. The molecule has 6 N–H and O–H groups in total. The normalized spacial score (nSPS) is 14.2. The number of hydrogen-bond acceptors (Lipinski definition) is 7. The van der Waals surface area contributed by atoms with Gasteiger partial charge in [-0.05, 0) is 41.8 Å². The smallest absolute Gasteiger partial charge is 0.328 e. The van der Waals surface area contributed by atoms with Crippen molar-refractivity contribution in [2.75, 3.05) is 12.9 Å². The van der Waals surface area contributed by atoms with Crippen LogP contribution >= 0.6 is 46.7 Å². The van der Waals surface area contributed by atoms with Crippen LogP contribution in [0.3, 0.4) is 0 Å². The van der Waals surface area contributed by atoms with Gasteiger partial charge < -0.3 is 26.6 Å². The first-order valence-corrected chi connectivity index (χ1v) is 16.8. The largest absolute Gasteiger partial charge is 0.873 e. The zero-order valence-electron chi connectivity index (χ0n) is 25.8. The van der Waals surface area contributed by atoms with Gasteiger partial charge in [0.15, 0.2) is 0 Å². The Morgan fingerprint density at radius 3 is 1.96 bits per heavy atom. The van der Waals surface area contributed by atoms with Gasteiger partial charge in [-0.1, -0.05) is 126 Å². The van der Waals surface area contributed by atoms with Gasteiger partial charge in [0.25, 0.3) is 5.91 Å². The second-order valence-electron chi connectivity index (χ2n) is 9.99. The molecule has 0 fully saturated rings. The minimum Gasteiger partial charge on any atom is -0.873 e. The van der Waals surface area contributed by atoms with Crippen molar-refractivity contribution in [3.63, 3.8) is 0 Å². The molecule has 0 aromatic heterocycles. The topological polar surface area (TPSA) is 144 Å². The van der Waals surface area contributed by atoms with E-state index in [1.807, 2.05) is 91.0 Å². The van der Waals surface area contributed by atoms with Crippen molar-refractivity contribution in [3.8, 4) is 0 Å². The quantitative estimate of drug-likeness (QED) is 0.120. The van der Waals surface area contributed by atoms with Crippen LogP contribution in [0.25, 0.3) is 0 Å². The standard InChI is InChI=1S/C18H18ClNO3S.C17H14ClNO2S.H3N/c1-23-18(22)15(11-13-7-3-2-4-8-13)20-17(21)12-24-16-10-6-5-9-14(16)19;18-12-8-4-5-9-14(12)22-16-15(20)13(19-17(16)21)10-11-6-2-1-3-7-11;/h2-10,15H,11-12H2,1H3,(H,20,21);1-9,13,20H,10H2,(H,19,21);1H3/t15-;13-;/m11./s1. The van der Waals surface area contributed by atoms with E-state index in [0.29, 0.717) is 27.8 Å². The Labute approximate surface area is 292 Å². The molecular formula is C35H35Cl2N3O5S2. The molecule has 8 nitrogen and oxygen atoms in total. The number of thioether (sulfide) groups is 2. The second kappa shape index (κ2) is 19.0. The number of amides is 2. The molecule has 0 bridgehead atoms. The van der Waals surface area contributed by atoms with E-state index in [1.165, 1.54) is 18.9 Å². The molecule has 47 heavy (non-hydrogen) atoms. The van der Waals surface area contributed by atoms with Crippen molar-refractivity contribution >= 4 is 64.5 Å². The number of carbonyl (C=O) groups excluding carboxylic acids is 3. The maximum Gasteiger partial charge on any atom is 0.328 e. The number of methoxy groups -OCH3 is 1. The summed E-state index contributed by atoms with van der Waals surface area (Å²) in [4.78, 5) is 37.9. The first kappa shape index (κ1) is 37.5. The van der Waals surface area contributed by atoms with Crippen LogP contribution in [0.2, 0.25) is 10.0 Å². The number of hydrogen-bond donors (Lipinski definition) is 3. The number of rotatable bonds is 11. The molecule has 4 aromatic rings. The fraction of sp³-hybridized carbons (Fsp3) is 0.171. The minimum atomic E-state index is -0.711. The summed E-state index contributed by atoms with van der Waals surface area (Å²) in [5.41, 5.74) is 1.97. The van der Waals surface area contributed by atoms with Gasteiger partial charge in [0.1, 0.15) is 6.04 Å². The predicted molar refractivity (Wildman–Crippen MR) is 189 cm³/mol. The van der Waals surface area contributed by atoms with Gasteiger partial charge in [-0.25, -0.2) is 4.79 Å². The van der Waals surface area contributed by atoms with Gasteiger partial charge >= 0.3 is 5.97 Å². The lowest BCUT2D eigenvalue weighted by atomic mass is 10.1. The van der Waals surface area contributed by atoms with Gasteiger partial charge in [0, 0.05) is 22.3 Å². The lowest BCUT2D eigenvalue weighted by Crippen LogP contribution is -2.43. The van der Waals surface area contributed by atoms with Crippen molar-refractivity contribution < 1.29 is 24.2 Å². The van der Waals surface area contributed by atoms with Gasteiger partial charge in [0.05, 0.1) is 27.8 Å². The number of quaternary nitrogens is 1. The van der Waals surface area contributed by atoms with Crippen molar-refractivity contribution in [3.05, 3.63) is 141 Å². The van der Waals surface area contributed by atoms with Crippen LogP contribution in [-0.4, -0.2) is 42.7 Å². The lowest BCUT2D eigenvalue weighted by molar-refractivity contribution is -0.308. The van der Waals surface area contributed by atoms with E-state index in [0.717, 1.165) is 27.8 Å². The second-order valence-corrected chi connectivity index (χ2v) is 12.9. The molecule has 2 atom stereocenters. The zero-order chi connectivity index (χ0) is 32.9. The Hall–Kier alpha value is -3.93. The van der Waals surface area contributed by atoms with E-state index in [1.54, 1.807) is 18.2 Å². The molecule has 0 spiro atoms. The fourth-order valence-corrected chi connectivity index (χ4v) is 6.64. The van der Waals surface area contributed by atoms with Crippen LogP contribution < -0.4 is 21.9 Å². The fourth-order valence-electron chi connectivity index (χ4n) is 4.41. The molecule has 1 heterocycles. The average molecular weight is 713 g/mol. The van der Waals surface area contributed by atoms with Crippen LogP contribution in [0.5, 0.6) is 0 Å². The first-order chi connectivity index (χ1) is 22.2. The monoisotopic (exact) mass is 711 g/mol. The molecule has 5 rings (SSSR count). The molecule has 0 saturated heterocycles. The van der Waals surface area contributed by atoms with Crippen molar-refractivity contribution in [1.82, 2.24) is 16.8 Å². The number of esters is 1. The van der Waals surface area contributed by atoms with Crippen LogP contribution in [0.4, 0.5) is 0 Å². The third-order valence-electron chi connectivity index (χ3n) is 6.68. The summed E-state index contributed by atoms with van der Waals surface area (Å²) in [6, 6.07) is 32.4. The number of benzene rings is 4. The average Bonchev–Trinajstić information content (AvgIpc) is 3.33. The maximum absolute atomic E-state index is 12.5. The molecule has 246 valence electrons. The van der Waals surface area contributed by atoms with E-state index in [2.05, 4.69) is 10.6 Å². The van der Waals surface area contributed by atoms with E-state index >= 15 is 0 Å². The van der Waals surface area contributed by atoms with Crippen LogP contribution in [-0.2, 0) is 32.0 Å². The van der Waals surface area contributed by atoms with Gasteiger partial charge in [-0.3, -0.25) is 9.59 Å². The third-order valence-corrected chi connectivity index (χ3v) is 9.81. The number of carbonyl (C=O) groups is 3. The van der Waals surface area contributed by atoms with E-state index < -0.39 is 18.1 Å². The Kier molecular flexibility index (Phi) is 15.2. The van der Waals surface area contributed by atoms with E-state index in [4.69, 9.17) is 27.9 Å². The van der Waals surface area contributed by atoms with Crippen LogP contribution in [0.1, 0.15) is 11.1 Å². The Morgan fingerprint density at radius 2 is 1.38 bits per heavy atom. The van der Waals surface area contributed by atoms with Crippen molar-refractivity contribution in [1.29, 1.82) is 0 Å². The Morgan fingerprint density at radius 1 is 0.851 bits per heavy atom. The molecule has 0 saturated carbocycles. The summed E-state index contributed by atoms with van der Waals surface area (Å²) >= 11 is 14.6. The third kappa shape index (κ3) is 11.4. The zero-order valence-corrected chi connectivity index (χ0v) is 28.9. The van der Waals surface area contributed by atoms with Gasteiger partial charge in [-0.15, -0.1) is 11.8 Å². The van der Waals surface area contributed by atoms with Gasteiger partial charge in [-0.2, -0.15) is 0 Å². The molecule has 1 aliphatic rings. The molecule has 1 aliphatic heterocycles. The SMILES string of the molecule is COC(=O)[C@@H](Cc1ccccc1)NC(=O)CSc1ccccc1Cl.O=C1N[C@H](Cc2ccccc2)C([O-])=C1Sc1ccccc1Cl.[NH4+]. The summed E-state index contributed by atoms with van der Waals surface area (Å²) < 4.78 is 4.79. The molecule has 0 radical (unpaired) electrons. The molecule has 4 aromatic carbocycles. The van der Waals surface area contributed by atoms with Crippen molar-refractivity contribution in [2.24, 2.45) is 0 Å². The van der Waals surface area contributed by atoms with Crippen LogP contribution in [0, 0.1) is 0 Å². The highest BCUT2D eigenvalue weighted by molar-refractivity contribution is 8.04. The highest BCUT2D eigenvalue weighted by Crippen LogP contribution is 2.36. The number of ether oxygens (including phenoxy) is 1. The molecule has 0 unspecified atom stereocenters. The highest BCUT2D eigenvalue weighted by Gasteiger charge is 2.27. The summed E-state index contributed by atoms with van der Waals surface area (Å²) in [7, 11) is 1.31. The Balaban J connectivity index is 0.000000251. The van der Waals surface area contributed by atoms with E-state index in [-0.39, 0.29) is 34.4 Å². The maximum atomic E-state index is 12.5. The summed E-state index contributed by atoms with van der Waals surface area (Å²) in [6.45, 7) is 0. The summed E-state index contributed by atoms with van der Waals surface area (Å²) in [5.74, 6) is -1.03. The number of nitrogens with one attached hydrogen (secondary N) is 2. The minimum absolute atomic E-state index is 0. The number of halogens is 2. The van der Waals surface area contributed by atoms with Crippen LogP contribution in [0.15, 0.2) is 130 Å². The molecule has 12 heteroatoms. The first-order valence-electron chi connectivity index (χ1n) is 14.2. The molecule has 0 aliphatic carbocycles. The predicted octanol–water partition coefficient (Wildman–Crippen LogP) is 6.45. The van der Waals surface area contributed by atoms with Gasteiger partial charge in [0.2, 0.25) is 5.91 Å².